The summed E-state index contributed by atoms with van der Waals surface area (Å²) in [5, 5.41) is 15.5. The third-order valence-corrected chi connectivity index (χ3v) is 7.64. The van der Waals surface area contributed by atoms with Gasteiger partial charge < -0.3 is 14.4 Å². The summed E-state index contributed by atoms with van der Waals surface area (Å²) in [5.74, 6) is -2.01. The number of aromatic nitrogens is 1. The second-order valence-corrected chi connectivity index (χ2v) is 11.8. The first-order valence-corrected chi connectivity index (χ1v) is 15.0. The highest BCUT2D eigenvalue weighted by Gasteiger charge is 2.31. The zero-order valence-corrected chi connectivity index (χ0v) is 24.5. The standard InChI is InChI=1S/C31H28N4O7S/c1-18-24(29(36)35(32-18)23-13-10-21(11-14-23)30(37)38)17-26-25-16-22(33-43(4,40)41)12-15-27(25)34(19(2)31(39)42-3)28(26)20-8-6-5-7-9-20/h5-17,19,33H,1-4H3,(H,37,38)/b24-17-. The molecule has 5 rings (SSSR count). The van der Waals surface area contributed by atoms with Crippen LogP contribution in [0.25, 0.3) is 28.2 Å². The fourth-order valence-corrected chi connectivity index (χ4v) is 5.64. The molecule has 4 aromatic rings. The number of methoxy groups -OCH3 is 1. The number of nitrogens with one attached hydrogen (secondary N) is 1. The van der Waals surface area contributed by atoms with Crippen LogP contribution in [-0.2, 0) is 24.3 Å². The molecule has 1 aromatic heterocycles. The van der Waals surface area contributed by atoms with Crippen molar-refractivity contribution in [3.63, 3.8) is 0 Å². The molecule has 12 heteroatoms. The first-order chi connectivity index (χ1) is 20.4. The number of amides is 1. The Hall–Kier alpha value is -5.23. The van der Waals surface area contributed by atoms with Crippen molar-refractivity contribution in [1.82, 2.24) is 4.57 Å². The van der Waals surface area contributed by atoms with E-state index in [1.807, 2.05) is 30.3 Å². The van der Waals surface area contributed by atoms with Crippen molar-refractivity contribution in [2.24, 2.45) is 5.10 Å². The molecule has 0 saturated carbocycles. The highest BCUT2D eigenvalue weighted by atomic mass is 32.2. The van der Waals surface area contributed by atoms with Crippen LogP contribution in [0.1, 0.15) is 35.8 Å². The number of carbonyl (C=O) groups excluding carboxylic acids is 2. The van der Waals surface area contributed by atoms with Crippen LogP contribution in [0.15, 0.2) is 83.5 Å². The van der Waals surface area contributed by atoms with Gasteiger partial charge in [0.15, 0.2) is 0 Å². The van der Waals surface area contributed by atoms with Crippen LogP contribution in [0.2, 0.25) is 0 Å². The van der Waals surface area contributed by atoms with E-state index in [4.69, 9.17) is 4.74 Å². The fourth-order valence-electron chi connectivity index (χ4n) is 5.08. The number of rotatable bonds is 8. The summed E-state index contributed by atoms with van der Waals surface area (Å²) in [5.41, 5.74) is 4.00. The van der Waals surface area contributed by atoms with E-state index < -0.39 is 33.9 Å². The van der Waals surface area contributed by atoms with Crippen LogP contribution < -0.4 is 9.73 Å². The van der Waals surface area contributed by atoms with Gasteiger partial charge in [-0.3, -0.25) is 9.52 Å². The molecule has 11 nitrogen and oxygen atoms in total. The Bertz CT molecular complexity index is 1940. The molecule has 2 N–H and O–H groups in total. The zero-order chi connectivity index (χ0) is 31.1. The lowest BCUT2D eigenvalue weighted by atomic mass is 10.0. The van der Waals surface area contributed by atoms with Crippen LogP contribution in [0, 0.1) is 0 Å². The Labute approximate surface area is 247 Å². The number of carboxylic acids is 1. The fraction of sp³-hybridized carbons (Fsp3) is 0.161. The van der Waals surface area contributed by atoms with E-state index in [1.54, 1.807) is 42.7 Å². The van der Waals surface area contributed by atoms with Crippen LogP contribution in [0.5, 0.6) is 0 Å². The summed E-state index contributed by atoms with van der Waals surface area (Å²) in [6, 6.07) is 19.3. The lowest BCUT2D eigenvalue weighted by Crippen LogP contribution is -2.21. The van der Waals surface area contributed by atoms with Gasteiger partial charge in [0.1, 0.15) is 6.04 Å². The molecule has 0 radical (unpaired) electrons. The molecule has 1 aliphatic rings. The number of hydrazone groups is 1. The Morgan fingerprint density at radius 2 is 1.72 bits per heavy atom. The Balaban J connectivity index is 1.76. The molecule has 2 heterocycles. The number of hydrogen-bond acceptors (Lipinski definition) is 7. The summed E-state index contributed by atoms with van der Waals surface area (Å²) in [6.07, 6.45) is 2.73. The predicted molar refractivity (Wildman–Crippen MR) is 165 cm³/mol. The van der Waals surface area contributed by atoms with Crippen LogP contribution >= 0.6 is 0 Å². The maximum absolute atomic E-state index is 13.7. The van der Waals surface area contributed by atoms with Gasteiger partial charge in [-0.2, -0.15) is 10.1 Å². The first-order valence-electron chi connectivity index (χ1n) is 13.1. The minimum atomic E-state index is -3.60. The molecule has 0 spiro atoms. The van der Waals surface area contributed by atoms with E-state index in [-0.39, 0.29) is 11.1 Å². The summed E-state index contributed by atoms with van der Waals surface area (Å²) in [6.45, 7) is 3.39. The third kappa shape index (κ3) is 5.64. The maximum Gasteiger partial charge on any atom is 0.335 e. The molecule has 0 bridgehead atoms. The Morgan fingerprint density at radius 1 is 1.05 bits per heavy atom. The predicted octanol–water partition coefficient (Wildman–Crippen LogP) is 4.92. The minimum absolute atomic E-state index is 0.0745. The van der Waals surface area contributed by atoms with Crippen molar-refractivity contribution in [2.45, 2.75) is 19.9 Å². The molecule has 1 amide bonds. The van der Waals surface area contributed by atoms with Gasteiger partial charge in [-0.15, -0.1) is 0 Å². The summed E-state index contributed by atoms with van der Waals surface area (Å²) >= 11 is 0. The number of ether oxygens (including phenoxy) is 1. The van der Waals surface area contributed by atoms with Crippen molar-refractivity contribution >= 4 is 61.9 Å². The summed E-state index contributed by atoms with van der Waals surface area (Å²) in [7, 11) is -2.29. The van der Waals surface area contributed by atoms with Gasteiger partial charge >= 0.3 is 11.9 Å². The largest absolute Gasteiger partial charge is 0.478 e. The van der Waals surface area contributed by atoms with E-state index in [9.17, 15) is 27.9 Å². The molecular weight excluding hydrogens is 572 g/mol. The lowest BCUT2D eigenvalue weighted by Gasteiger charge is -2.18. The number of nitrogens with zero attached hydrogens (tertiary/aromatic N) is 3. The normalized spacial score (nSPS) is 15.1. The number of carboxylic acid groups (broad SMARTS) is 1. The monoisotopic (exact) mass is 600 g/mol. The molecule has 220 valence electrons. The molecule has 3 aromatic carbocycles. The molecule has 0 fully saturated rings. The smallest absolute Gasteiger partial charge is 0.335 e. The number of aromatic carboxylic acids is 1. The van der Waals surface area contributed by atoms with E-state index in [1.165, 1.54) is 36.4 Å². The number of hydrogen-bond donors (Lipinski definition) is 2. The first kappa shape index (κ1) is 29.3. The van der Waals surface area contributed by atoms with Gasteiger partial charge in [0.25, 0.3) is 5.91 Å². The average Bonchev–Trinajstić information content (AvgIpc) is 3.45. The van der Waals surface area contributed by atoms with Gasteiger partial charge in [0.05, 0.1) is 47.1 Å². The highest BCUT2D eigenvalue weighted by molar-refractivity contribution is 7.92. The molecule has 1 unspecified atom stereocenters. The zero-order valence-electron chi connectivity index (χ0n) is 23.7. The Morgan fingerprint density at radius 3 is 2.33 bits per heavy atom. The van der Waals surface area contributed by atoms with Crippen molar-refractivity contribution in [1.29, 1.82) is 0 Å². The van der Waals surface area contributed by atoms with E-state index in [0.717, 1.165) is 11.8 Å². The highest BCUT2D eigenvalue weighted by Crippen LogP contribution is 2.40. The maximum atomic E-state index is 13.7. The molecule has 1 atom stereocenters. The summed E-state index contributed by atoms with van der Waals surface area (Å²) in [4.78, 5) is 37.9. The second kappa shape index (κ2) is 11.2. The van der Waals surface area contributed by atoms with Gasteiger partial charge in [0, 0.05) is 16.6 Å². The molecule has 0 aliphatic carbocycles. The number of anilines is 2. The molecule has 1 aliphatic heterocycles. The van der Waals surface area contributed by atoms with Crippen molar-refractivity contribution < 1.29 is 32.6 Å². The summed E-state index contributed by atoms with van der Waals surface area (Å²) < 4.78 is 33.5. The number of esters is 1. The van der Waals surface area contributed by atoms with E-state index in [2.05, 4.69) is 9.82 Å². The molecule has 0 saturated heterocycles. The van der Waals surface area contributed by atoms with Gasteiger partial charge in [-0.05, 0) is 68.0 Å². The van der Waals surface area contributed by atoms with Crippen LogP contribution in [0.4, 0.5) is 11.4 Å². The minimum Gasteiger partial charge on any atom is -0.478 e. The van der Waals surface area contributed by atoms with Crippen molar-refractivity contribution in [3.8, 4) is 11.3 Å². The van der Waals surface area contributed by atoms with Crippen molar-refractivity contribution in [3.05, 3.63) is 89.5 Å². The lowest BCUT2D eigenvalue weighted by molar-refractivity contribution is -0.143. The van der Waals surface area contributed by atoms with E-state index >= 15 is 0 Å². The van der Waals surface area contributed by atoms with Gasteiger partial charge in [-0.25, -0.2) is 18.0 Å². The van der Waals surface area contributed by atoms with Crippen LogP contribution in [-0.4, -0.2) is 55.0 Å². The van der Waals surface area contributed by atoms with E-state index in [0.29, 0.717) is 39.2 Å². The topological polar surface area (TPSA) is 147 Å². The van der Waals surface area contributed by atoms with Gasteiger partial charge in [0.2, 0.25) is 10.0 Å². The molecular formula is C31H28N4O7S. The number of sulfonamides is 1. The number of carbonyl (C=O) groups is 3. The Kier molecular flexibility index (Phi) is 7.63. The van der Waals surface area contributed by atoms with Crippen LogP contribution in [0.3, 0.4) is 0 Å². The third-order valence-electron chi connectivity index (χ3n) is 7.03. The molecule has 43 heavy (non-hydrogen) atoms. The SMILES string of the molecule is COC(=O)C(C)n1c(-c2ccccc2)c(/C=C2\C(=O)N(c3ccc(C(=O)O)cc3)N=C2C)c2cc(NS(C)(=O)=O)ccc21. The quantitative estimate of drug-likeness (QED) is 0.216. The second-order valence-electron chi connectivity index (χ2n) is 10.0. The van der Waals surface area contributed by atoms with Gasteiger partial charge in [-0.1, -0.05) is 30.3 Å². The average molecular weight is 601 g/mol. The number of fused-ring (bicyclic) bond motifs is 1. The number of benzene rings is 3. The van der Waals surface area contributed by atoms with Crippen molar-refractivity contribution in [2.75, 3.05) is 23.1 Å².